The highest BCUT2D eigenvalue weighted by atomic mass is 35.5. The summed E-state index contributed by atoms with van der Waals surface area (Å²) in [7, 11) is 1.54. The molecule has 38 heavy (non-hydrogen) atoms. The Morgan fingerprint density at radius 1 is 1.03 bits per heavy atom. The summed E-state index contributed by atoms with van der Waals surface area (Å²) in [5, 5.41) is 9.78. The van der Waals surface area contributed by atoms with Crippen molar-refractivity contribution in [3.8, 4) is 22.8 Å². The third-order valence-electron chi connectivity index (χ3n) is 6.13. The van der Waals surface area contributed by atoms with Gasteiger partial charge in [0.1, 0.15) is 35.6 Å². The summed E-state index contributed by atoms with van der Waals surface area (Å²) in [6, 6.07) is 13.6. The number of methoxy groups -OCH3 is 1. The van der Waals surface area contributed by atoms with Crippen LogP contribution in [0.4, 0.5) is 13.2 Å². The molecular formula is C28H26ClF3N2O3S. The summed E-state index contributed by atoms with van der Waals surface area (Å²) in [6.07, 6.45) is 0. The molecular weight excluding hydrogens is 537 g/mol. The van der Waals surface area contributed by atoms with Gasteiger partial charge in [-0.15, -0.1) is 0 Å². The van der Waals surface area contributed by atoms with Crippen LogP contribution in [0.5, 0.6) is 11.5 Å². The maximum absolute atomic E-state index is 14.7. The number of aliphatic hydroxyl groups is 1. The number of nitrogens with zero attached hydrogens (tertiary/aromatic N) is 1. The Kier molecular flexibility index (Phi) is 8.60. The van der Waals surface area contributed by atoms with E-state index in [-0.39, 0.29) is 36.1 Å². The number of hydrogen-bond donors (Lipinski definition) is 2. The molecule has 0 atom stereocenters. The van der Waals surface area contributed by atoms with Gasteiger partial charge in [0.2, 0.25) is 0 Å². The zero-order valence-electron chi connectivity index (χ0n) is 20.9. The van der Waals surface area contributed by atoms with E-state index in [2.05, 4.69) is 4.98 Å². The van der Waals surface area contributed by atoms with Crippen molar-refractivity contribution in [2.45, 2.75) is 30.2 Å². The zero-order chi connectivity index (χ0) is 27.4. The van der Waals surface area contributed by atoms with Crippen LogP contribution in [0.2, 0.25) is 5.02 Å². The lowest BCUT2D eigenvalue weighted by Gasteiger charge is -2.26. The number of thioether (sulfide) groups is 1. The fourth-order valence-corrected chi connectivity index (χ4v) is 5.07. The summed E-state index contributed by atoms with van der Waals surface area (Å²) < 4.78 is 53.5. The van der Waals surface area contributed by atoms with E-state index < -0.39 is 17.0 Å². The van der Waals surface area contributed by atoms with Gasteiger partial charge in [0.05, 0.1) is 30.1 Å². The van der Waals surface area contributed by atoms with Crippen molar-refractivity contribution in [2.24, 2.45) is 0 Å². The van der Waals surface area contributed by atoms with Crippen LogP contribution >= 0.6 is 23.4 Å². The third kappa shape index (κ3) is 5.95. The van der Waals surface area contributed by atoms with E-state index in [1.165, 1.54) is 19.2 Å². The lowest BCUT2D eigenvalue weighted by Crippen LogP contribution is -2.20. The molecule has 4 aromatic rings. The van der Waals surface area contributed by atoms with E-state index in [1.54, 1.807) is 18.2 Å². The molecule has 0 amide bonds. The maximum atomic E-state index is 14.7. The molecule has 10 heteroatoms. The average Bonchev–Trinajstić information content (AvgIpc) is 3.32. The minimum atomic E-state index is -0.760. The largest absolute Gasteiger partial charge is 0.495 e. The van der Waals surface area contributed by atoms with Crippen molar-refractivity contribution in [3.05, 3.63) is 93.9 Å². The van der Waals surface area contributed by atoms with E-state index in [4.69, 9.17) is 31.2 Å². The quantitative estimate of drug-likeness (QED) is 0.201. The Hall–Kier alpha value is -3.14. The Labute approximate surface area is 228 Å². The van der Waals surface area contributed by atoms with Crippen LogP contribution in [-0.4, -0.2) is 35.4 Å². The van der Waals surface area contributed by atoms with Gasteiger partial charge in [-0.25, -0.2) is 18.2 Å². The lowest BCUT2D eigenvalue weighted by atomic mass is 9.79. The van der Waals surface area contributed by atoms with Crippen molar-refractivity contribution in [2.75, 3.05) is 20.3 Å². The molecule has 4 rings (SSSR count). The summed E-state index contributed by atoms with van der Waals surface area (Å²) in [5.74, 6) is -1.41. The molecule has 0 aliphatic heterocycles. The number of rotatable bonds is 10. The Morgan fingerprint density at radius 3 is 2.34 bits per heavy atom. The van der Waals surface area contributed by atoms with E-state index in [1.807, 2.05) is 26.0 Å². The van der Waals surface area contributed by atoms with Crippen LogP contribution in [0.25, 0.3) is 11.3 Å². The zero-order valence-corrected chi connectivity index (χ0v) is 22.5. The van der Waals surface area contributed by atoms with Crippen LogP contribution in [0.15, 0.2) is 59.8 Å². The molecule has 0 spiro atoms. The van der Waals surface area contributed by atoms with Crippen LogP contribution in [0, 0.1) is 17.5 Å². The number of aromatic amines is 1. The summed E-state index contributed by atoms with van der Waals surface area (Å²) >= 11 is 7.37. The fourth-order valence-electron chi connectivity index (χ4n) is 3.99. The number of hydrogen-bond acceptors (Lipinski definition) is 5. The summed E-state index contributed by atoms with van der Waals surface area (Å²) in [4.78, 5) is 8.05. The number of benzene rings is 3. The molecule has 3 aromatic carbocycles. The van der Waals surface area contributed by atoms with Crippen LogP contribution < -0.4 is 9.47 Å². The molecule has 0 bridgehead atoms. The molecule has 1 heterocycles. The molecule has 5 nitrogen and oxygen atoms in total. The molecule has 0 saturated carbocycles. The Morgan fingerprint density at radius 2 is 1.71 bits per heavy atom. The van der Waals surface area contributed by atoms with Crippen molar-refractivity contribution < 1.29 is 27.8 Å². The standard InChI is InChI=1S/C28H26ClF3N2O3S/c1-28(2,17-6-9-21(29)24(12-17)36-3)26-25(16-4-7-18(30)8-5-16)33-27(34-26)38-15-20-22(31)13-19(14-23(20)32)37-11-10-35/h4-9,12-14,35H,10-11,15H2,1-3H3,(H,33,34). The smallest absolute Gasteiger partial charge is 0.166 e. The second-order valence-corrected chi connectivity index (χ2v) is 10.3. The maximum Gasteiger partial charge on any atom is 0.166 e. The van der Waals surface area contributed by atoms with Crippen LogP contribution in [-0.2, 0) is 11.2 Å². The summed E-state index contributed by atoms with van der Waals surface area (Å²) in [5.41, 5.74) is 2.12. The van der Waals surface area contributed by atoms with Gasteiger partial charge >= 0.3 is 0 Å². The van der Waals surface area contributed by atoms with Crippen molar-refractivity contribution in [1.82, 2.24) is 9.97 Å². The number of aliphatic hydroxyl groups excluding tert-OH is 1. The number of aromatic nitrogens is 2. The summed E-state index contributed by atoms with van der Waals surface area (Å²) in [6.45, 7) is 3.66. The highest BCUT2D eigenvalue weighted by Crippen LogP contribution is 2.41. The van der Waals surface area contributed by atoms with Gasteiger partial charge in [-0.1, -0.05) is 43.3 Å². The van der Waals surface area contributed by atoms with Crippen LogP contribution in [0.3, 0.4) is 0 Å². The fraction of sp³-hybridized carbons (Fsp3) is 0.250. The molecule has 0 unspecified atom stereocenters. The van der Waals surface area contributed by atoms with Gasteiger partial charge in [-0.05, 0) is 42.0 Å². The monoisotopic (exact) mass is 562 g/mol. The van der Waals surface area contributed by atoms with Crippen LogP contribution in [0.1, 0.15) is 30.7 Å². The number of ether oxygens (including phenoxy) is 2. The minimum Gasteiger partial charge on any atom is -0.495 e. The molecule has 2 N–H and O–H groups in total. The van der Waals surface area contributed by atoms with Gasteiger partial charge in [-0.3, -0.25) is 0 Å². The average molecular weight is 563 g/mol. The first-order chi connectivity index (χ1) is 18.1. The second kappa shape index (κ2) is 11.7. The van der Waals surface area contributed by atoms with Crippen molar-refractivity contribution >= 4 is 23.4 Å². The predicted octanol–water partition coefficient (Wildman–Crippen LogP) is 7.15. The van der Waals surface area contributed by atoms with Gasteiger partial charge in [-0.2, -0.15) is 0 Å². The third-order valence-corrected chi connectivity index (χ3v) is 7.34. The van der Waals surface area contributed by atoms with E-state index in [0.717, 1.165) is 35.2 Å². The van der Waals surface area contributed by atoms with Gasteiger partial charge in [0, 0.05) is 34.4 Å². The topological polar surface area (TPSA) is 67.4 Å². The Bertz CT molecular complexity index is 1400. The number of H-pyrrole nitrogens is 1. The highest BCUT2D eigenvalue weighted by molar-refractivity contribution is 7.98. The number of nitrogens with one attached hydrogen (secondary N) is 1. The van der Waals surface area contributed by atoms with Crippen molar-refractivity contribution in [1.29, 1.82) is 0 Å². The second-order valence-electron chi connectivity index (χ2n) is 8.97. The molecule has 0 fully saturated rings. The molecule has 0 aliphatic carbocycles. The predicted molar refractivity (Wildman–Crippen MR) is 143 cm³/mol. The van der Waals surface area contributed by atoms with Gasteiger partial charge < -0.3 is 19.6 Å². The molecule has 200 valence electrons. The first-order valence-electron chi connectivity index (χ1n) is 11.7. The Balaban J connectivity index is 1.70. The SMILES string of the molecule is COc1cc(C(C)(C)c2[nH]c(SCc3c(F)cc(OCCO)cc3F)nc2-c2ccc(F)cc2)ccc1Cl. The number of halogens is 4. The first-order valence-corrected chi connectivity index (χ1v) is 13.0. The first kappa shape index (κ1) is 27.9. The minimum absolute atomic E-state index is 0.00169. The lowest BCUT2D eigenvalue weighted by molar-refractivity contribution is 0.200. The molecule has 0 aliphatic rings. The van der Waals surface area contributed by atoms with Gasteiger partial charge in [0.15, 0.2) is 5.16 Å². The highest BCUT2D eigenvalue weighted by Gasteiger charge is 2.31. The normalized spacial score (nSPS) is 11.6. The number of imidazole rings is 1. The van der Waals surface area contributed by atoms with E-state index in [0.29, 0.717) is 27.2 Å². The van der Waals surface area contributed by atoms with E-state index in [9.17, 15) is 13.2 Å². The van der Waals surface area contributed by atoms with Crippen molar-refractivity contribution in [3.63, 3.8) is 0 Å². The molecule has 1 aromatic heterocycles. The molecule has 0 radical (unpaired) electrons. The van der Waals surface area contributed by atoms with Gasteiger partial charge in [0.25, 0.3) is 0 Å². The van der Waals surface area contributed by atoms with E-state index >= 15 is 0 Å². The molecule has 0 saturated heterocycles.